The van der Waals surface area contributed by atoms with E-state index in [1.165, 1.54) is 27.9 Å². The molecule has 2 aromatic rings. The Balaban J connectivity index is 2.60. The molecule has 0 aliphatic carbocycles. The molecule has 90 valence electrons. The lowest BCUT2D eigenvalue weighted by Gasteiger charge is -2.11. The van der Waals surface area contributed by atoms with Crippen LogP contribution in [0.15, 0.2) is 18.3 Å². The van der Waals surface area contributed by atoms with Crippen molar-refractivity contribution in [3.8, 4) is 5.69 Å². The quantitative estimate of drug-likeness (QED) is 0.765. The van der Waals surface area contributed by atoms with E-state index >= 15 is 0 Å². The van der Waals surface area contributed by atoms with Crippen LogP contribution >= 0.6 is 15.9 Å². The minimum Gasteiger partial charge on any atom is -0.240 e. The second kappa shape index (κ2) is 4.65. The average Bonchev–Trinajstić information content (AvgIpc) is 2.57. The van der Waals surface area contributed by atoms with Gasteiger partial charge in [0.2, 0.25) is 0 Å². The topological polar surface area (TPSA) is 17.8 Å². The van der Waals surface area contributed by atoms with Crippen LogP contribution in [0.5, 0.6) is 0 Å². The molecule has 0 spiro atoms. The fourth-order valence-electron chi connectivity index (χ4n) is 2.28. The van der Waals surface area contributed by atoms with Crippen LogP contribution in [0, 0.1) is 27.7 Å². The Morgan fingerprint density at radius 2 is 1.71 bits per heavy atom. The van der Waals surface area contributed by atoms with E-state index in [-0.39, 0.29) is 0 Å². The van der Waals surface area contributed by atoms with Crippen LogP contribution < -0.4 is 0 Å². The SMILES string of the molecule is Cc1cc(C)c(-n2cc(CBr)c(C)n2)c(C)c1. The lowest BCUT2D eigenvalue weighted by atomic mass is 10.1. The predicted molar refractivity (Wildman–Crippen MR) is 75.1 cm³/mol. The highest BCUT2D eigenvalue weighted by Gasteiger charge is 2.10. The number of nitrogens with zero attached hydrogens (tertiary/aromatic N) is 2. The minimum atomic E-state index is 0.850. The Bertz CT molecular complexity index is 532. The van der Waals surface area contributed by atoms with E-state index in [0.717, 1.165) is 11.0 Å². The van der Waals surface area contributed by atoms with E-state index in [1.807, 2.05) is 11.6 Å². The molecule has 2 rings (SSSR count). The molecule has 2 nitrogen and oxygen atoms in total. The maximum atomic E-state index is 4.59. The maximum Gasteiger partial charge on any atom is 0.0704 e. The van der Waals surface area contributed by atoms with Gasteiger partial charge in [0.25, 0.3) is 0 Å². The largest absolute Gasteiger partial charge is 0.240 e. The summed E-state index contributed by atoms with van der Waals surface area (Å²) in [5.41, 5.74) is 7.36. The van der Waals surface area contributed by atoms with Gasteiger partial charge in [-0.05, 0) is 38.8 Å². The van der Waals surface area contributed by atoms with Crippen LogP contribution in [0.2, 0.25) is 0 Å². The van der Waals surface area contributed by atoms with Crippen LogP contribution in [0.1, 0.15) is 27.9 Å². The van der Waals surface area contributed by atoms with Gasteiger partial charge in [0.15, 0.2) is 0 Å². The van der Waals surface area contributed by atoms with Gasteiger partial charge in [-0.3, -0.25) is 0 Å². The third kappa shape index (κ3) is 2.29. The Morgan fingerprint density at radius 1 is 1.12 bits per heavy atom. The highest BCUT2D eigenvalue weighted by molar-refractivity contribution is 9.08. The molecule has 1 aromatic heterocycles. The number of aryl methyl sites for hydroxylation is 4. The second-order valence-electron chi connectivity index (χ2n) is 4.57. The van der Waals surface area contributed by atoms with E-state index in [0.29, 0.717) is 0 Å². The van der Waals surface area contributed by atoms with Gasteiger partial charge in [-0.15, -0.1) is 0 Å². The fraction of sp³-hybridized carbons (Fsp3) is 0.357. The molecule has 17 heavy (non-hydrogen) atoms. The number of aromatic nitrogens is 2. The molecule has 3 heteroatoms. The molecule has 1 heterocycles. The molecule has 0 atom stereocenters. The van der Waals surface area contributed by atoms with Gasteiger partial charge < -0.3 is 0 Å². The molecule has 0 saturated heterocycles. The lowest BCUT2D eigenvalue weighted by molar-refractivity contribution is 0.848. The van der Waals surface area contributed by atoms with Crippen molar-refractivity contribution in [1.82, 2.24) is 9.78 Å². The van der Waals surface area contributed by atoms with Crippen LogP contribution in [-0.4, -0.2) is 9.78 Å². The molecule has 0 N–H and O–H groups in total. The van der Waals surface area contributed by atoms with E-state index < -0.39 is 0 Å². The summed E-state index contributed by atoms with van der Waals surface area (Å²) in [4.78, 5) is 0. The number of rotatable bonds is 2. The molecule has 0 amide bonds. The Morgan fingerprint density at radius 3 is 2.18 bits per heavy atom. The van der Waals surface area contributed by atoms with Gasteiger partial charge in [-0.2, -0.15) is 5.10 Å². The maximum absolute atomic E-state index is 4.59. The van der Waals surface area contributed by atoms with Crippen LogP contribution in [-0.2, 0) is 5.33 Å². The van der Waals surface area contributed by atoms with Crippen molar-refractivity contribution in [3.05, 3.63) is 46.3 Å². The van der Waals surface area contributed by atoms with Crippen molar-refractivity contribution in [2.24, 2.45) is 0 Å². The first-order valence-electron chi connectivity index (χ1n) is 5.72. The van der Waals surface area contributed by atoms with Gasteiger partial charge in [0, 0.05) is 17.1 Å². The third-order valence-electron chi connectivity index (χ3n) is 3.01. The summed E-state index contributed by atoms with van der Waals surface area (Å²) < 4.78 is 2.00. The van der Waals surface area contributed by atoms with Gasteiger partial charge >= 0.3 is 0 Å². The zero-order chi connectivity index (χ0) is 12.6. The summed E-state index contributed by atoms with van der Waals surface area (Å²) >= 11 is 3.49. The monoisotopic (exact) mass is 292 g/mol. The summed E-state index contributed by atoms with van der Waals surface area (Å²) in [6, 6.07) is 4.40. The smallest absolute Gasteiger partial charge is 0.0704 e. The normalized spacial score (nSPS) is 10.9. The van der Waals surface area contributed by atoms with Crippen molar-refractivity contribution in [1.29, 1.82) is 0 Å². The standard InChI is InChI=1S/C14H17BrN2/c1-9-5-10(2)14(11(3)6-9)17-8-13(7-15)12(4)16-17/h5-6,8H,7H2,1-4H3. The molecular formula is C14H17BrN2. The van der Waals surface area contributed by atoms with Crippen molar-refractivity contribution in [3.63, 3.8) is 0 Å². The van der Waals surface area contributed by atoms with E-state index in [2.05, 4.69) is 60.1 Å². The van der Waals surface area contributed by atoms with Crippen LogP contribution in [0.25, 0.3) is 5.69 Å². The Kier molecular flexibility index (Phi) is 3.38. The fourth-order valence-corrected chi connectivity index (χ4v) is 2.83. The summed E-state index contributed by atoms with van der Waals surface area (Å²) in [6.45, 7) is 8.45. The zero-order valence-electron chi connectivity index (χ0n) is 10.7. The molecule has 0 bridgehead atoms. The van der Waals surface area contributed by atoms with Gasteiger partial charge in [-0.1, -0.05) is 33.6 Å². The first-order chi connectivity index (χ1) is 8.02. The molecule has 0 aliphatic heterocycles. The number of benzene rings is 1. The molecule has 0 unspecified atom stereocenters. The zero-order valence-corrected chi connectivity index (χ0v) is 12.3. The van der Waals surface area contributed by atoms with Gasteiger partial charge in [0.05, 0.1) is 11.4 Å². The van der Waals surface area contributed by atoms with E-state index in [9.17, 15) is 0 Å². The molecule has 0 saturated carbocycles. The van der Waals surface area contributed by atoms with Crippen molar-refractivity contribution in [2.45, 2.75) is 33.0 Å². The number of halogens is 1. The third-order valence-corrected chi connectivity index (χ3v) is 3.61. The number of hydrogen-bond acceptors (Lipinski definition) is 1. The number of alkyl halides is 1. The molecule has 1 aromatic carbocycles. The summed E-state index contributed by atoms with van der Waals surface area (Å²) in [6.07, 6.45) is 2.11. The number of hydrogen-bond donors (Lipinski definition) is 0. The minimum absolute atomic E-state index is 0.850. The first kappa shape index (κ1) is 12.4. The highest BCUT2D eigenvalue weighted by Crippen LogP contribution is 2.22. The molecular weight excluding hydrogens is 276 g/mol. The highest BCUT2D eigenvalue weighted by atomic mass is 79.9. The van der Waals surface area contributed by atoms with E-state index in [1.54, 1.807) is 0 Å². The Hall–Kier alpha value is -1.09. The van der Waals surface area contributed by atoms with Crippen molar-refractivity contribution < 1.29 is 0 Å². The van der Waals surface area contributed by atoms with E-state index in [4.69, 9.17) is 0 Å². The lowest BCUT2D eigenvalue weighted by Crippen LogP contribution is -2.01. The second-order valence-corrected chi connectivity index (χ2v) is 5.13. The summed E-state index contributed by atoms with van der Waals surface area (Å²) in [5.74, 6) is 0. The molecule has 0 fully saturated rings. The average molecular weight is 293 g/mol. The summed E-state index contributed by atoms with van der Waals surface area (Å²) in [5, 5.41) is 5.44. The Labute approximate surface area is 111 Å². The van der Waals surface area contributed by atoms with Crippen LogP contribution in [0.3, 0.4) is 0 Å². The predicted octanol–water partition coefficient (Wildman–Crippen LogP) is 4.00. The molecule has 0 radical (unpaired) electrons. The first-order valence-corrected chi connectivity index (χ1v) is 6.84. The van der Waals surface area contributed by atoms with Crippen LogP contribution in [0.4, 0.5) is 0 Å². The molecule has 0 aliphatic rings. The van der Waals surface area contributed by atoms with Crippen molar-refractivity contribution in [2.75, 3.05) is 0 Å². The van der Waals surface area contributed by atoms with Gasteiger partial charge in [-0.25, -0.2) is 4.68 Å². The summed E-state index contributed by atoms with van der Waals surface area (Å²) in [7, 11) is 0. The van der Waals surface area contributed by atoms with Gasteiger partial charge in [0.1, 0.15) is 0 Å². The van der Waals surface area contributed by atoms with Crippen molar-refractivity contribution >= 4 is 15.9 Å².